The molecule has 0 aliphatic rings. The summed E-state index contributed by atoms with van der Waals surface area (Å²) in [5, 5.41) is 0. The molecule has 0 aliphatic carbocycles. The first-order chi connectivity index (χ1) is 10.2. The van der Waals surface area contributed by atoms with Crippen LogP contribution in [-0.4, -0.2) is 20.8 Å². The molecule has 0 aromatic heterocycles. The summed E-state index contributed by atoms with van der Waals surface area (Å²) in [6.45, 7) is 0.709. The first-order valence-electron chi connectivity index (χ1n) is 6.71. The van der Waals surface area contributed by atoms with E-state index in [1.54, 1.807) is 13.2 Å². The van der Waals surface area contributed by atoms with Crippen LogP contribution in [0.2, 0.25) is 0 Å². The van der Waals surface area contributed by atoms with E-state index in [9.17, 15) is 4.39 Å². The van der Waals surface area contributed by atoms with Crippen LogP contribution < -0.4 is 4.74 Å². The second-order valence-corrected chi connectivity index (χ2v) is 5.66. The van der Waals surface area contributed by atoms with Crippen molar-refractivity contribution in [2.45, 2.75) is 11.2 Å². The quantitative estimate of drug-likeness (QED) is 0.712. The van der Waals surface area contributed by atoms with E-state index in [0.29, 0.717) is 6.61 Å². The van der Waals surface area contributed by atoms with Crippen LogP contribution in [-0.2, 0) is 11.2 Å². The molecule has 0 N–H and O–H groups in total. The minimum Gasteiger partial charge on any atom is -0.494 e. The van der Waals surface area contributed by atoms with Gasteiger partial charge >= 0.3 is 0 Å². The zero-order valence-electron chi connectivity index (χ0n) is 12.1. The van der Waals surface area contributed by atoms with Gasteiger partial charge in [0.25, 0.3) is 0 Å². The van der Waals surface area contributed by atoms with Gasteiger partial charge in [-0.05, 0) is 35.2 Å². The van der Waals surface area contributed by atoms with E-state index in [0.717, 1.165) is 17.5 Å². The lowest BCUT2D eigenvalue weighted by Crippen LogP contribution is -1.97. The number of hydrogen-bond donors (Lipinski definition) is 0. The summed E-state index contributed by atoms with van der Waals surface area (Å²) in [6, 6.07) is 13.2. The average molecular weight is 353 g/mol. The highest BCUT2D eigenvalue weighted by Crippen LogP contribution is 2.33. The molecule has 2 nitrogen and oxygen atoms in total. The third-order valence-corrected chi connectivity index (χ3v) is 4.39. The highest BCUT2D eigenvalue weighted by Gasteiger charge is 2.13. The Kier molecular flexibility index (Phi) is 5.76. The first-order valence-corrected chi connectivity index (χ1v) is 7.62. The molecule has 0 aliphatic heterocycles. The molecule has 0 heterocycles. The standard InChI is InChI=1S/C17H18BrFO2/c1-20-10-9-12-3-5-13(6-4-12)17(18)14-7-8-16(21-2)15(19)11-14/h3-8,11,17H,9-10H2,1-2H3. The molecule has 4 heteroatoms. The van der Waals surface area contributed by atoms with Gasteiger partial charge in [0.05, 0.1) is 18.5 Å². The summed E-state index contributed by atoms with van der Waals surface area (Å²) in [5.41, 5.74) is 3.17. The molecule has 2 rings (SSSR count). The summed E-state index contributed by atoms with van der Waals surface area (Å²) in [4.78, 5) is -0.0469. The van der Waals surface area contributed by atoms with Crippen LogP contribution in [0.15, 0.2) is 42.5 Å². The molecule has 0 fully saturated rings. The molecule has 0 saturated heterocycles. The second-order valence-electron chi connectivity index (χ2n) is 4.74. The zero-order valence-corrected chi connectivity index (χ0v) is 13.7. The molecule has 0 spiro atoms. The summed E-state index contributed by atoms with van der Waals surface area (Å²) in [7, 11) is 3.16. The number of halogens is 2. The van der Waals surface area contributed by atoms with Crippen molar-refractivity contribution in [3.8, 4) is 5.75 Å². The van der Waals surface area contributed by atoms with Gasteiger partial charge < -0.3 is 9.47 Å². The summed E-state index contributed by atoms with van der Waals surface area (Å²) in [6.07, 6.45) is 0.890. The van der Waals surface area contributed by atoms with Crippen LogP contribution in [0.5, 0.6) is 5.75 Å². The third kappa shape index (κ3) is 4.05. The maximum Gasteiger partial charge on any atom is 0.165 e. The Hall–Kier alpha value is -1.39. The largest absolute Gasteiger partial charge is 0.494 e. The molecular weight excluding hydrogens is 335 g/mol. The van der Waals surface area contributed by atoms with Crippen LogP contribution in [0.4, 0.5) is 4.39 Å². The predicted molar refractivity (Wildman–Crippen MR) is 85.7 cm³/mol. The van der Waals surface area contributed by atoms with E-state index < -0.39 is 0 Å². The maximum absolute atomic E-state index is 13.8. The van der Waals surface area contributed by atoms with Crippen LogP contribution in [0.25, 0.3) is 0 Å². The van der Waals surface area contributed by atoms with Gasteiger partial charge in [0.1, 0.15) is 0 Å². The van der Waals surface area contributed by atoms with Crippen molar-refractivity contribution < 1.29 is 13.9 Å². The van der Waals surface area contributed by atoms with Crippen molar-refractivity contribution in [3.63, 3.8) is 0 Å². The fourth-order valence-corrected chi connectivity index (χ4v) is 2.70. The van der Waals surface area contributed by atoms with Gasteiger partial charge in [-0.15, -0.1) is 0 Å². The second kappa shape index (κ2) is 7.57. The molecule has 21 heavy (non-hydrogen) atoms. The van der Waals surface area contributed by atoms with E-state index >= 15 is 0 Å². The molecule has 112 valence electrons. The molecule has 0 radical (unpaired) electrons. The average Bonchev–Trinajstić information content (AvgIpc) is 2.52. The van der Waals surface area contributed by atoms with E-state index in [1.165, 1.54) is 18.7 Å². The molecular formula is C17H18BrFO2. The molecule has 1 atom stereocenters. The normalized spacial score (nSPS) is 12.2. The lowest BCUT2D eigenvalue weighted by atomic mass is 10.0. The lowest BCUT2D eigenvalue weighted by molar-refractivity contribution is 0.202. The topological polar surface area (TPSA) is 18.5 Å². The smallest absolute Gasteiger partial charge is 0.165 e. The molecule has 0 saturated carbocycles. The van der Waals surface area contributed by atoms with Gasteiger partial charge in [-0.3, -0.25) is 0 Å². The Labute approximate surface area is 133 Å². The molecule has 1 unspecified atom stereocenters. The monoisotopic (exact) mass is 352 g/mol. The van der Waals surface area contributed by atoms with Crippen molar-refractivity contribution in [2.24, 2.45) is 0 Å². The van der Waals surface area contributed by atoms with E-state index in [4.69, 9.17) is 9.47 Å². The van der Waals surface area contributed by atoms with Crippen molar-refractivity contribution in [2.75, 3.05) is 20.8 Å². The number of alkyl halides is 1. The van der Waals surface area contributed by atoms with E-state index in [-0.39, 0.29) is 16.4 Å². The fraction of sp³-hybridized carbons (Fsp3) is 0.294. The number of rotatable bonds is 6. The van der Waals surface area contributed by atoms with Gasteiger partial charge in [0.2, 0.25) is 0 Å². The van der Waals surface area contributed by atoms with Gasteiger partial charge in [-0.1, -0.05) is 46.3 Å². The molecule has 2 aromatic rings. The SMILES string of the molecule is COCCc1ccc(C(Br)c2ccc(OC)c(F)c2)cc1. The van der Waals surface area contributed by atoms with Crippen LogP contribution in [0, 0.1) is 5.82 Å². The maximum atomic E-state index is 13.8. The Morgan fingerprint density at radius 2 is 1.71 bits per heavy atom. The minimum atomic E-state index is -0.351. The van der Waals surface area contributed by atoms with Gasteiger partial charge in [0.15, 0.2) is 11.6 Å². The Balaban J connectivity index is 2.15. The van der Waals surface area contributed by atoms with Crippen LogP contribution >= 0.6 is 15.9 Å². The van der Waals surface area contributed by atoms with Gasteiger partial charge in [0, 0.05) is 7.11 Å². The predicted octanol–water partition coefficient (Wildman–Crippen LogP) is 4.51. The third-order valence-electron chi connectivity index (χ3n) is 3.34. The Morgan fingerprint density at radius 1 is 1.05 bits per heavy atom. The Morgan fingerprint density at radius 3 is 2.29 bits per heavy atom. The highest BCUT2D eigenvalue weighted by molar-refractivity contribution is 9.09. The van der Waals surface area contributed by atoms with Crippen molar-refractivity contribution in [1.29, 1.82) is 0 Å². The number of hydrogen-bond acceptors (Lipinski definition) is 2. The molecule has 0 bridgehead atoms. The summed E-state index contributed by atoms with van der Waals surface area (Å²) < 4.78 is 23.8. The molecule has 0 amide bonds. The van der Waals surface area contributed by atoms with Crippen LogP contribution in [0.1, 0.15) is 21.5 Å². The Bertz CT molecular complexity index is 584. The summed E-state index contributed by atoms with van der Waals surface area (Å²) >= 11 is 3.62. The first kappa shape index (κ1) is 16.0. The van der Waals surface area contributed by atoms with E-state index in [1.807, 2.05) is 18.2 Å². The highest BCUT2D eigenvalue weighted by atomic mass is 79.9. The lowest BCUT2D eigenvalue weighted by Gasteiger charge is -2.13. The number of methoxy groups -OCH3 is 2. The zero-order chi connectivity index (χ0) is 15.2. The van der Waals surface area contributed by atoms with E-state index in [2.05, 4.69) is 28.1 Å². The van der Waals surface area contributed by atoms with Gasteiger partial charge in [-0.25, -0.2) is 4.39 Å². The van der Waals surface area contributed by atoms with Crippen molar-refractivity contribution in [1.82, 2.24) is 0 Å². The number of ether oxygens (including phenoxy) is 2. The minimum absolute atomic E-state index is 0.0469. The van der Waals surface area contributed by atoms with Crippen molar-refractivity contribution in [3.05, 3.63) is 65.0 Å². The van der Waals surface area contributed by atoms with Crippen LogP contribution in [0.3, 0.4) is 0 Å². The molecule has 2 aromatic carbocycles. The number of benzene rings is 2. The fourth-order valence-electron chi connectivity index (χ4n) is 2.11. The van der Waals surface area contributed by atoms with Gasteiger partial charge in [-0.2, -0.15) is 0 Å². The van der Waals surface area contributed by atoms with Crippen molar-refractivity contribution >= 4 is 15.9 Å². The summed E-state index contributed by atoms with van der Waals surface area (Å²) in [5.74, 6) is -0.0930.